The molecule has 0 spiro atoms. The van der Waals surface area contributed by atoms with E-state index in [4.69, 9.17) is 0 Å². The van der Waals surface area contributed by atoms with Crippen LogP contribution in [0.3, 0.4) is 0 Å². The van der Waals surface area contributed by atoms with Gasteiger partial charge in [-0.1, -0.05) is 18.2 Å². The van der Waals surface area contributed by atoms with Crippen molar-refractivity contribution in [1.29, 1.82) is 0 Å². The van der Waals surface area contributed by atoms with E-state index < -0.39 is 12.2 Å². The number of carbonyl (C=O) groups is 1. The zero-order valence-electron chi connectivity index (χ0n) is 14.9. The Balaban J connectivity index is 1.41. The molecular weight excluding hydrogens is 328 g/mol. The minimum Gasteiger partial charge on any atom is -0.390 e. The number of rotatable bonds is 1. The first kappa shape index (κ1) is 16.3. The SMILES string of the molecule is O=C(C1CCCc2c1[nH]c1ccccc21)N1CC2CC(O)C(O)CC2C1. The standard InChI is InChI=1S/C21H26N2O3/c24-18-8-12-10-23(11-13(12)9-19(18)25)21(26)16-6-3-5-15-14-4-1-2-7-17(14)22-20(15)16/h1-2,4,7,12-13,16,18-19,22,24-25H,3,5-6,8-11H2. The van der Waals surface area contributed by atoms with Gasteiger partial charge in [0.25, 0.3) is 0 Å². The van der Waals surface area contributed by atoms with Crippen LogP contribution in [0.2, 0.25) is 0 Å². The van der Waals surface area contributed by atoms with E-state index in [1.165, 1.54) is 10.9 Å². The molecule has 5 rings (SSSR count). The van der Waals surface area contributed by atoms with Crippen LogP contribution in [0.25, 0.3) is 10.9 Å². The van der Waals surface area contributed by atoms with Crippen LogP contribution in [0, 0.1) is 11.8 Å². The van der Waals surface area contributed by atoms with E-state index in [0.29, 0.717) is 24.7 Å². The third-order valence-electron chi connectivity index (χ3n) is 6.83. The fourth-order valence-electron chi connectivity index (χ4n) is 5.47. The molecule has 2 fully saturated rings. The van der Waals surface area contributed by atoms with Crippen molar-refractivity contribution in [2.75, 3.05) is 13.1 Å². The summed E-state index contributed by atoms with van der Waals surface area (Å²) in [7, 11) is 0. The van der Waals surface area contributed by atoms with Gasteiger partial charge in [0.2, 0.25) is 5.91 Å². The summed E-state index contributed by atoms with van der Waals surface area (Å²) in [5, 5.41) is 21.2. The molecule has 0 radical (unpaired) electrons. The average molecular weight is 354 g/mol. The summed E-state index contributed by atoms with van der Waals surface area (Å²) in [5.74, 6) is 0.781. The average Bonchev–Trinajstić information content (AvgIpc) is 3.22. The highest BCUT2D eigenvalue weighted by Gasteiger charge is 2.44. The Labute approximate surface area is 153 Å². The molecule has 2 heterocycles. The normalized spacial score (nSPS) is 33.9. The predicted octanol–water partition coefficient (Wildman–Crippen LogP) is 2.18. The van der Waals surface area contributed by atoms with Crippen LogP contribution in [0.4, 0.5) is 0 Å². The Bertz CT molecular complexity index is 827. The largest absolute Gasteiger partial charge is 0.390 e. The molecule has 5 unspecified atom stereocenters. The van der Waals surface area contributed by atoms with Crippen LogP contribution in [0.5, 0.6) is 0 Å². The molecule has 1 aliphatic heterocycles. The number of nitrogens with zero attached hydrogens (tertiary/aromatic N) is 1. The smallest absolute Gasteiger partial charge is 0.231 e. The lowest BCUT2D eigenvalue weighted by Crippen LogP contribution is -2.38. The number of nitrogens with one attached hydrogen (secondary N) is 1. The minimum absolute atomic E-state index is 0.0823. The number of aliphatic hydroxyl groups is 2. The van der Waals surface area contributed by atoms with Crippen molar-refractivity contribution in [2.24, 2.45) is 11.8 Å². The molecule has 3 N–H and O–H groups in total. The molecule has 1 saturated heterocycles. The molecule has 5 heteroatoms. The van der Waals surface area contributed by atoms with E-state index in [0.717, 1.165) is 43.6 Å². The van der Waals surface area contributed by atoms with Crippen LogP contribution in [0.1, 0.15) is 42.9 Å². The van der Waals surface area contributed by atoms with E-state index in [1.54, 1.807) is 0 Å². The van der Waals surface area contributed by atoms with Crippen LogP contribution >= 0.6 is 0 Å². The molecule has 1 amide bonds. The fraction of sp³-hybridized carbons (Fsp3) is 0.571. The quantitative estimate of drug-likeness (QED) is 0.735. The summed E-state index contributed by atoms with van der Waals surface area (Å²) >= 11 is 0. The van der Waals surface area contributed by atoms with Crippen molar-refractivity contribution < 1.29 is 15.0 Å². The Morgan fingerprint density at radius 1 is 1.08 bits per heavy atom. The molecule has 2 aliphatic carbocycles. The van der Waals surface area contributed by atoms with Crippen LogP contribution < -0.4 is 0 Å². The Kier molecular flexibility index (Phi) is 3.83. The maximum Gasteiger partial charge on any atom is 0.231 e. The molecule has 1 aromatic carbocycles. The molecular formula is C21H26N2O3. The lowest BCUT2D eigenvalue weighted by Gasteiger charge is -2.31. The van der Waals surface area contributed by atoms with Crippen molar-refractivity contribution in [2.45, 2.75) is 50.2 Å². The second-order valence-electron chi connectivity index (χ2n) is 8.38. The van der Waals surface area contributed by atoms with E-state index >= 15 is 0 Å². The van der Waals surface area contributed by atoms with Gasteiger partial charge < -0.3 is 20.1 Å². The van der Waals surface area contributed by atoms with Gasteiger partial charge in [0.15, 0.2) is 0 Å². The van der Waals surface area contributed by atoms with Gasteiger partial charge in [-0.05, 0) is 55.6 Å². The number of hydrogen-bond donors (Lipinski definition) is 3. The van der Waals surface area contributed by atoms with Gasteiger partial charge in [-0.25, -0.2) is 0 Å². The van der Waals surface area contributed by atoms with Gasteiger partial charge in [0.05, 0.1) is 18.1 Å². The Morgan fingerprint density at radius 3 is 2.50 bits per heavy atom. The number of benzene rings is 1. The van der Waals surface area contributed by atoms with Crippen molar-refractivity contribution >= 4 is 16.8 Å². The number of amides is 1. The number of aromatic amines is 1. The summed E-state index contributed by atoms with van der Waals surface area (Å²) < 4.78 is 0. The van der Waals surface area contributed by atoms with Gasteiger partial charge in [-0.3, -0.25) is 4.79 Å². The summed E-state index contributed by atoms with van der Waals surface area (Å²) in [5.41, 5.74) is 3.54. The van der Waals surface area contributed by atoms with Crippen molar-refractivity contribution in [3.05, 3.63) is 35.5 Å². The molecule has 26 heavy (non-hydrogen) atoms. The van der Waals surface area contributed by atoms with Crippen molar-refractivity contribution in [3.63, 3.8) is 0 Å². The molecule has 5 nitrogen and oxygen atoms in total. The molecule has 3 aliphatic rings. The van der Waals surface area contributed by atoms with Gasteiger partial charge in [0, 0.05) is 29.7 Å². The molecule has 0 bridgehead atoms. The molecule has 2 aromatic rings. The highest BCUT2D eigenvalue weighted by molar-refractivity contribution is 5.90. The Morgan fingerprint density at radius 2 is 1.77 bits per heavy atom. The summed E-state index contributed by atoms with van der Waals surface area (Å²) in [4.78, 5) is 18.8. The van der Waals surface area contributed by atoms with Crippen LogP contribution in [-0.2, 0) is 11.2 Å². The second kappa shape index (κ2) is 6.10. The van der Waals surface area contributed by atoms with E-state index in [1.807, 2.05) is 11.0 Å². The monoisotopic (exact) mass is 354 g/mol. The highest BCUT2D eigenvalue weighted by Crippen LogP contribution is 2.41. The maximum atomic E-state index is 13.3. The van der Waals surface area contributed by atoms with Gasteiger partial charge in [0.1, 0.15) is 0 Å². The van der Waals surface area contributed by atoms with E-state index in [-0.39, 0.29) is 11.8 Å². The molecule has 1 saturated carbocycles. The topological polar surface area (TPSA) is 76.6 Å². The number of para-hydroxylation sites is 1. The minimum atomic E-state index is -0.638. The summed E-state index contributed by atoms with van der Waals surface area (Å²) in [6, 6.07) is 8.32. The number of carbonyl (C=O) groups excluding carboxylic acids is 1. The van der Waals surface area contributed by atoms with Crippen molar-refractivity contribution in [1.82, 2.24) is 9.88 Å². The summed E-state index contributed by atoms with van der Waals surface area (Å²) in [6.07, 6.45) is 2.92. The third kappa shape index (κ3) is 2.48. The maximum absolute atomic E-state index is 13.3. The third-order valence-corrected chi connectivity index (χ3v) is 6.83. The van der Waals surface area contributed by atoms with E-state index in [2.05, 4.69) is 23.2 Å². The zero-order valence-corrected chi connectivity index (χ0v) is 14.9. The van der Waals surface area contributed by atoms with Crippen LogP contribution in [-0.4, -0.2) is 51.3 Å². The van der Waals surface area contributed by atoms with Gasteiger partial charge in [-0.2, -0.15) is 0 Å². The Hall–Kier alpha value is -1.85. The molecule has 5 atom stereocenters. The van der Waals surface area contributed by atoms with Crippen LogP contribution in [0.15, 0.2) is 24.3 Å². The number of aromatic nitrogens is 1. The second-order valence-corrected chi connectivity index (χ2v) is 8.38. The first-order chi connectivity index (χ1) is 12.6. The number of hydrogen-bond acceptors (Lipinski definition) is 3. The number of aryl methyl sites for hydroxylation is 1. The zero-order chi connectivity index (χ0) is 17.8. The van der Waals surface area contributed by atoms with Gasteiger partial charge >= 0.3 is 0 Å². The lowest BCUT2D eigenvalue weighted by molar-refractivity contribution is -0.132. The van der Waals surface area contributed by atoms with Gasteiger partial charge in [-0.15, -0.1) is 0 Å². The molecule has 1 aromatic heterocycles. The first-order valence-corrected chi connectivity index (χ1v) is 9.86. The highest BCUT2D eigenvalue weighted by atomic mass is 16.3. The number of likely N-dealkylation sites (tertiary alicyclic amines) is 1. The summed E-state index contributed by atoms with van der Waals surface area (Å²) in [6.45, 7) is 1.44. The number of aliphatic hydroxyl groups excluding tert-OH is 2. The fourth-order valence-corrected chi connectivity index (χ4v) is 5.47. The number of H-pyrrole nitrogens is 1. The predicted molar refractivity (Wildman–Crippen MR) is 98.8 cm³/mol. The lowest BCUT2D eigenvalue weighted by atomic mass is 9.79. The van der Waals surface area contributed by atoms with Crippen molar-refractivity contribution in [3.8, 4) is 0 Å². The first-order valence-electron chi connectivity index (χ1n) is 9.86. The van der Waals surface area contributed by atoms with E-state index in [9.17, 15) is 15.0 Å². The number of fused-ring (bicyclic) bond motifs is 4. The molecule has 138 valence electrons.